The molecule has 1 aromatic rings. The first-order valence-electron chi connectivity index (χ1n) is 5.17. The minimum Gasteiger partial charge on any atom is -0.353 e. The van der Waals surface area contributed by atoms with Gasteiger partial charge in [-0.25, -0.2) is 0 Å². The molecule has 7 nitrogen and oxygen atoms in total. The fourth-order valence-electron chi connectivity index (χ4n) is 1.48. The van der Waals surface area contributed by atoms with Crippen molar-refractivity contribution in [3.05, 3.63) is 5.28 Å². The van der Waals surface area contributed by atoms with E-state index in [1.54, 1.807) is 9.80 Å². The molecule has 1 aliphatic rings. The third-order valence-corrected chi connectivity index (χ3v) is 2.47. The lowest BCUT2D eigenvalue weighted by molar-refractivity contribution is -0.120. The Kier molecular flexibility index (Phi) is 3.28. The minimum atomic E-state index is -0.0424. The second-order valence-electron chi connectivity index (χ2n) is 3.87. The van der Waals surface area contributed by atoms with Crippen molar-refractivity contribution < 1.29 is 4.79 Å². The number of hydrogen-bond donors (Lipinski definition) is 1. The van der Waals surface area contributed by atoms with Crippen LogP contribution < -0.4 is 15.1 Å². The van der Waals surface area contributed by atoms with Crippen LogP contribution in [0.3, 0.4) is 0 Å². The van der Waals surface area contributed by atoms with Crippen LogP contribution in [0.25, 0.3) is 0 Å². The van der Waals surface area contributed by atoms with E-state index in [4.69, 9.17) is 11.6 Å². The number of carbonyl (C=O) groups excluding carboxylic acids is 1. The van der Waals surface area contributed by atoms with Gasteiger partial charge < -0.3 is 15.1 Å². The van der Waals surface area contributed by atoms with Gasteiger partial charge in [-0.2, -0.15) is 15.0 Å². The number of aromatic nitrogens is 3. The van der Waals surface area contributed by atoms with Gasteiger partial charge in [0.1, 0.15) is 0 Å². The summed E-state index contributed by atoms with van der Waals surface area (Å²) in [7, 11) is 3.64. The first-order chi connectivity index (χ1) is 8.06. The van der Waals surface area contributed by atoms with Gasteiger partial charge in [0.25, 0.3) is 0 Å². The number of nitrogens with zero attached hydrogens (tertiary/aromatic N) is 5. The summed E-state index contributed by atoms with van der Waals surface area (Å²) in [6.07, 6.45) is 0. The topological polar surface area (TPSA) is 74.2 Å². The van der Waals surface area contributed by atoms with Crippen molar-refractivity contribution in [2.45, 2.75) is 0 Å². The van der Waals surface area contributed by atoms with Crippen LogP contribution in [0.2, 0.25) is 5.28 Å². The van der Waals surface area contributed by atoms with Gasteiger partial charge in [-0.1, -0.05) is 0 Å². The number of anilines is 2. The smallest absolute Gasteiger partial charge is 0.239 e. The van der Waals surface area contributed by atoms with E-state index < -0.39 is 0 Å². The van der Waals surface area contributed by atoms with Crippen LogP contribution in [0.1, 0.15) is 0 Å². The number of carbonyl (C=O) groups is 1. The van der Waals surface area contributed by atoms with Crippen molar-refractivity contribution in [3.63, 3.8) is 0 Å². The molecule has 0 aliphatic carbocycles. The Morgan fingerprint density at radius 2 is 2.12 bits per heavy atom. The first-order valence-corrected chi connectivity index (χ1v) is 5.54. The van der Waals surface area contributed by atoms with Gasteiger partial charge >= 0.3 is 0 Å². The van der Waals surface area contributed by atoms with E-state index in [0.717, 1.165) is 0 Å². The summed E-state index contributed by atoms with van der Waals surface area (Å²) in [6, 6.07) is 0. The molecule has 0 saturated carbocycles. The van der Waals surface area contributed by atoms with E-state index in [0.29, 0.717) is 25.0 Å². The van der Waals surface area contributed by atoms with Gasteiger partial charge in [0, 0.05) is 27.2 Å². The van der Waals surface area contributed by atoms with Gasteiger partial charge in [-0.05, 0) is 11.6 Å². The highest BCUT2D eigenvalue weighted by molar-refractivity contribution is 6.28. The zero-order valence-electron chi connectivity index (χ0n) is 9.64. The maximum atomic E-state index is 11.3. The predicted molar refractivity (Wildman–Crippen MR) is 64.4 cm³/mol. The van der Waals surface area contributed by atoms with Crippen LogP contribution in [0.4, 0.5) is 11.9 Å². The minimum absolute atomic E-state index is 0.0424. The average Bonchev–Trinajstić information content (AvgIpc) is 2.28. The maximum Gasteiger partial charge on any atom is 0.239 e. The Labute approximate surface area is 104 Å². The molecule has 0 aromatic carbocycles. The molecule has 0 spiro atoms. The van der Waals surface area contributed by atoms with Crippen molar-refractivity contribution in [1.82, 2.24) is 20.3 Å². The molecule has 92 valence electrons. The summed E-state index contributed by atoms with van der Waals surface area (Å²) in [5.41, 5.74) is 0. The highest BCUT2D eigenvalue weighted by atomic mass is 35.5. The van der Waals surface area contributed by atoms with Crippen LogP contribution in [-0.4, -0.2) is 54.6 Å². The summed E-state index contributed by atoms with van der Waals surface area (Å²) in [6.45, 7) is 1.49. The van der Waals surface area contributed by atoms with Crippen molar-refractivity contribution in [3.8, 4) is 0 Å². The molecule has 1 aliphatic heterocycles. The largest absolute Gasteiger partial charge is 0.353 e. The second-order valence-corrected chi connectivity index (χ2v) is 4.21. The van der Waals surface area contributed by atoms with Crippen molar-refractivity contribution in [2.24, 2.45) is 0 Å². The molecular weight excluding hydrogens is 244 g/mol. The van der Waals surface area contributed by atoms with Crippen LogP contribution in [0.15, 0.2) is 0 Å². The van der Waals surface area contributed by atoms with Gasteiger partial charge in [-0.3, -0.25) is 4.79 Å². The number of nitrogens with one attached hydrogen (secondary N) is 1. The number of hydrogen-bond acceptors (Lipinski definition) is 6. The molecule has 1 aromatic heterocycles. The molecule has 1 amide bonds. The van der Waals surface area contributed by atoms with Gasteiger partial charge in [0.2, 0.25) is 23.1 Å². The molecule has 17 heavy (non-hydrogen) atoms. The molecule has 8 heteroatoms. The van der Waals surface area contributed by atoms with E-state index in [-0.39, 0.29) is 17.7 Å². The molecule has 0 atom stereocenters. The van der Waals surface area contributed by atoms with Gasteiger partial charge in [-0.15, -0.1) is 0 Å². The van der Waals surface area contributed by atoms with Crippen LogP contribution in [0, 0.1) is 0 Å². The Hall–Kier alpha value is -1.63. The Bertz CT molecular complexity index is 437. The van der Waals surface area contributed by atoms with Gasteiger partial charge in [0.05, 0.1) is 6.54 Å². The SMILES string of the molecule is CN(C)c1nc(Cl)nc(N2CCNC(=O)C2)n1. The summed E-state index contributed by atoms with van der Waals surface area (Å²) in [4.78, 5) is 27.1. The number of piperazine rings is 1. The average molecular weight is 257 g/mol. The summed E-state index contributed by atoms with van der Waals surface area (Å²) in [5, 5.41) is 2.87. The van der Waals surface area contributed by atoms with Crippen LogP contribution in [0.5, 0.6) is 0 Å². The molecule has 0 bridgehead atoms. The van der Waals surface area contributed by atoms with Crippen LogP contribution >= 0.6 is 11.6 Å². The molecule has 1 N–H and O–H groups in total. The Balaban J connectivity index is 2.28. The van der Waals surface area contributed by atoms with E-state index in [9.17, 15) is 4.79 Å². The van der Waals surface area contributed by atoms with Crippen molar-refractivity contribution in [2.75, 3.05) is 43.5 Å². The standard InChI is InChI=1S/C9H13ClN6O/c1-15(2)8-12-7(10)13-9(14-8)16-4-3-11-6(17)5-16/h3-5H2,1-2H3,(H,11,17). The molecule has 2 heterocycles. The zero-order valence-corrected chi connectivity index (χ0v) is 10.4. The molecular formula is C9H13ClN6O. The van der Waals surface area contributed by atoms with Crippen molar-refractivity contribution in [1.29, 1.82) is 0 Å². The molecule has 0 radical (unpaired) electrons. The molecule has 1 fully saturated rings. The lowest BCUT2D eigenvalue weighted by Gasteiger charge is -2.27. The number of halogens is 1. The summed E-state index contributed by atoms with van der Waals surface area (Å²) < 4.78 is 0. The van der Waals surface area contributed by atoms with E-state index >= 15 is 0 Å². The lowest BCUT2D eigenvalue weighted by Crippen LogP contribution is -2.48. The predicted octanol–water partition coefficient (Wildman–Crippen LogP) is -0.473. The van der Waals surface area contributed by atoms with E-state index in [1.165, 1.54) is 0 Å². The normalized spacial score (nSPS) is 15.7. The Morgan fingerprint density at radius 3 is 2.76 bits per heavy atom. The Morgan fingerprint density at radius 1 is 1.35 bits per heavy atom. The summed E-state index contributed by atoms with van der Waals surface area (Å²) >= 11 is 5.83. The lowest BCUT2D eigenvalue weighted by atomic mass is 10.4. The fraction of sp³-hybridized carbons (Fsp3) is 0.556. The monoisotopic (exact) mass is 256 g/mol. The molecule has 2 rings (SSSR count). The summed E-state index contributed by atoms with van der Waals surface area (Å²) in [5.74, 6) is 0.869. The first kappa shape index (κ1) is 11.8. The second kappa shape index (κ2) is 4.70. The van der Waals surface area contributed by atoms with Gasteiger partial charge in [0.15, 0.2) is 0 Å². The fourth-order valence-corrected chi connectivity index (χ4v) is 1.63. The molecule has 1 saturated heterocycles. The number of amides is 1. The van der Waals surface area contributed by atoms with E-state index in [2.05, 4.69) is 20.3 Å². The molecule has 0 unspecified atom stereocenters. The maximum absolute atomic E-state index is 11.3. The number of rotatable bonds is 2. The van der Waals surface area contributed by atoms with Crippen molar-refractivity contribution >= 4 is 29.4 Å². The van der Waals surface area contributed by atoms with E-state index in [1.807, 2.05) is 14.1 Å². The van der Waals surface area contributed by atoms with Crippen LogP contribution in [-0.2, 0) is 4.79 Å². The third kappa shape index (κ3) is 2.73. The quantitative estimate of drug-likeness (QED) is 0.771. The highest BCUT2D eigenvalue weighted by Crippen LogP contribution is 2.15. The zero-order chi connectivity index (χ0) is 12.4. The highest BCUT2D eigenvalue weighted by Gasteiger charge is 2.20. The third-order valence-electron chi connectivity index (χ3n) is 2.31.